The Morgan fingerprint density at radius 3 is 1.84 bits per heavy atom. The van der Waals surface area contributed by atoms with Crippen LogP contribution in [0.1, 0.15) is 47.0 Å². The van der Waals surface area contributed by atoms with Gasteiger partial charge in [0.05, 0.1) is 17.2 Å². The molecular weight excluding hydrogens is 449 g/mol. The summed E-state index contributed by atoms with van der Waals surface area (Å²) >= 11 is 0. The highest BCUT2D eigenvalue weighted by Gasteiger charge is 2.37. The van der Waals surface area contributed by atoms with Gasteiger partial charge in [-0.2, -0.15) is 26.3 Å². The van der Waals surface area contributed by atoms with E-state index < -0.39 is 65.4 Å². The lowest BCUT2D eigenvalue weighted by Crippen LogP contribution is -2.30. The number of hydrogen-bond acceptors (Lipinski definition) is 4. The molecule has 0 fully saturated rings. The van der Waals surface area contributed by atoms with Crippen molar-refractivity contribution < 1.29 is 49.8 Å². The third-order valence-corrected chi connectivity index (χ3v) is 4.19. The second-order valence-electron chi connectivity index (χ2n) is 6.83. The third kappa shape index (κ3) is 6.86. The van der Waals surface area contributed by atoms with Crippen molar-refractivity contribution in [1.82, 2.24) is 0 Å². The molecule has 0 aliphatic heterocycles. The largest absolute Gasteiger partial charge is 0.416 e. The average molecular weight is 466 g/mol. The molecule has 32 heavy (non-hydrogen) atoms. The summed E-state index contributed by atoms with van der Waals surface area (Å²) < 4.78 is 102. The van der Waals surface area contributed by atoms with E-state index in [-0.39, 0.29) is 11.6 Å². The first-order valence-electron chi connectivity index (χ1n) is 9.04. The summed E-state index contributed by atoms with van der Waals surface area (Å²) in [6, 6.07) is 4.98. The molecule has 0 aromatic heterocycles. The zero-order valence-electron chi connectivity index (χ0n) is 16.7. The first-order valence-corrected chi connectivity index (χ1v) is 9.04. The molecule has 0 heterocycles. The van der Waals surface area contributed by atoms with Crippen molar-refractivity contribution in [2.24, 2.45) is 0 Å². The van der Waals surface area contributed by atoms with E-state index in [0.29, 0.717) is 12.1 Å². The number of alkyl halides is 6. The molecule has 0 saturated heterocycles. The van der Waals surface area contributed by atoms with Gasteiger partial charge in [0, 0.05) is 5.56 Å². The Hall–Kier alpha value is -2.79. The summed E-state index contributed by atoms with van der Waals surface area (Å²) in [6.45, 7) is 1.64. The van der Waals surface area contributed by atoms with Crippen molar-refractivity contribution in [2.75, 3.05) is 6.61 Å². The van der Waals surface area contributed by atoms with Crippen LogP contribution in [0.2, 0.25) is 0 Å². The molecule has 2 rings (SSSR count). The van der Waals surface area contributed by atoms with Crippen molar-refractivity contribution in [3.05, 3.63) is 70.5 Å². The first-order chi connectivity index (χ1) is 14.7. The molecule has 0 aliphatic carbocycles. The Morgan fingerprint density at radius 2 is 1.41 bits per heavy atom. The van der Waals surface area contributed by atoms with Gasteiger partial charge in [-0.25, -0.2) is 4.39 Å². The van der Waals surface area contributed by atoms with Gasteiger partial charge in [-0.05, 0) is 61.9 Å². The Labute approximate surface area is 177 Å². The molecule has 0 saturated carbocycles. The number of rotatable bonds is 8. The highest BCUT2D eigenvalue weighted by Crippen LogP contribution is 2.38. The van der Waals surface area contributed by atoms with E-state index in [2.05, 4.69) is 0 Å². The number of hydrogen-bond donors (Lipinski definition) is 0. The molecule has 0 aliphatic rings. The van der Waals surface area contributed by atoms with Gasteiger partial charge in [-0.15, -0.1) is 0 Å². The van der Waals surface area contributed by atoms with Gasteiger partial charge in [0.25, 0.3) is 0 Å². The number of ether oxygens (including phenoxy) is 2. The molecule has 0 amide bonds. The van der Waals surface area contributed by atoms with E-state index in [9.17, 15) is 40.3 Å². The fourth-order valence-electron chi connectivity index (χ4n) is 2.60. The summed E-state index contributed by atoms with van der Waals surface area (Å²) in [6.07, 6.45) is -13.4. The Morgan fingerprint density at radius 1 is 0.906 bits per heavy atom. The van der Waals surface area contributed by atoms with Crippen LogP contribution in [0.15, 0.2) is 42.5 Å². The van der Waals surface area contributed by atoms with Crippen LogP contribution >= 0.6 is 0 Å². The fourth-order valence-corrected chi connectivity index (χ4v) is 2.60. The van der Waals surface area contributed by atoms with Crippen molar-refractivity contribution in [1.29, 1.82) is 0 Å². The summed E-state index contributed by atoms with van der Waals surface area (Å²) in [7, 11) is 0. The molecule has 0 unspecified atom stereocenters. The molecule has 0 bridgehead atoms. The molecule has 0 radical (unpaired) electrons. The van der Waals surface area contributed by atoms with Crippen LogP contribution in [0.3, 0.4) is 0 Å². The van der Waals surface area contributed by atoms with Crippen molar-refractivity contribution in [3.8, 4) is 0 Å². The van der Waals surface area contributed by atoms with Crippen LogP contribution in [-0.2, 0) is 26.6 Å². The molecule has 2 aromatic rings. The van der Waals surface area contributed by atoms with Crippen molar-refractivity contribution >= 4 is 11.6 Å². The number of carbonyl (C=O) groups excluding carboxylic acids is 2. The van der Waals surface area contributed by atoms with E-state index in [0.717, 1.165) is 38.1 Å². The van der Waals surface area contributed by atoms with Crippen LogP contribution in [0.25, 0.3) is 0 Å². The van der Waals surface area contributed by atoms with Gasteiger partial charge in [-0.1, -0.05) is 0 Å². The first kappa shape index (κ1) is 25.5. The molecule has 11 heteroatoms. The minimum absolute atomic E-state index is 0.0381. The SMILES string of the molecule is CC(=O)CO[C@@H](O[C@H](C)c1cc(C(F)(F)F)cc(C(F)(F)F)c1)C(=O)c1ccc(F)cc1. The zero-order valence-corrected chi connectivity index (χ0v) is 16.7. The van der Waals surface area contributed by atoms with Crippen molar-refractivity contribution in [2.45, 2.75) is 38.6 Å². The molecule has 174 valence electrons. The molecule has 4 nitrogen and oxygen atoms in total. The Kier molecular flexibility index (Phi) is 7.79. The number of ketones is 2. The summed E-state index contributed by atoms with van der Waals surface area (Å²) in [5.41, 5.74) is -3.73. The smallest absolute Gasteiger partial charge is 0.338 e. The van der Waals surface area contributed by atoms with E-state index in [1.165, 1.54) is 0 Å². The van der Waals surface area contributed by atoms with Gasteiger partial charge < -0.3 is 9.47 Å². The van der Waals surface area contributed by atoms with Crippen LogP contribution < -0.4 is 0 Å². The van der Waals surface area contributed by atoms with E-state index in [1.807, 2.05) is 0 Å². The van der Waals surface area contributed by atoms with Crippen LogP contribution in [0.5, 0.6) is 0 Å². The minimum Gasteiger partial charge on any atom is -0.338 e. The lowest BCUT2D eigenvalue weighted by Gasteiger charge is -2.23. The number of benzene rings is 2. The maximum atomic E-state index is 13.1. The number of halogens is 7. The normalized spacial score (nSPS) is 14.2. The minimum atomic E-state index is -5.07. The molecule has 2 aromatic carbocycles. The monoisotopic (exact) mass is 466 g/mol. The molecular formula is C21H17F7O4. The maximum absolute atomic E-state index is 13.1. The van der Waals surface area contributed by atoms with E-state index in [4.69, 9.17) is 9.47 Å². The topological polar surface area (TPSA) is 52.6 Å². The maximum Gasteiger partial charge on any atom is 0.416 e. The lowest BCUT2D eigenvalue weighted by molar-refractivity contribution is -0.153. The molecule has 2 atom stereocenters. The van der Waals surface area contributed by atoms with Crippen LogP contribution in [-0.4, -0.2) is 24.5 Å². The van der Waals surface area contributed by atoms with Gasteiger partial charge in [0.2, 0.25) is 12.1 Å². The standard InChI is InChI=1S/C21H17F7O4/c1-11(29)10-31-19(18(30)13-3-5-17(22)6-4-13)32-12(2)14-7-15(20(23,24)25)9-16(8-14)21(26,27)28/h3-9,12,19H,10H2,1-2H3/t12-,19+/m1/s1. The fraction of sp³-hybridized carbons (Fsp3) is 0.333. The predicted molar refractivity (Wildman–Crippen MR) is 97.1 cm³/mol. The van der Waals surface area contributed by atoms with Gasteiger partial charge in [0.15, 0.2) is 5.78 Å². The summed E-state index contributed by atoms with van der Waals surface area (Å²) in [5, 5.41) is 0. The van der Waals surface area contributed by atoms with E-state index in [1.54, 1.807) is 0 Å². The van der Waals surface area contributed by atoms with Gasteiger partial charge in [-0.3, -0.25) is 9.59 Å². The van der Waals surface area contributed by atoms with E-state index >= 15 is 0 Å². The quantitative estimate of drug-likeness (QED) is 0.282. The number of carbonyl (C=O) groups is 2. The molecule has 0 N–H and O–H groups in total. The van der Waals surface area contributed by atoms with Crippen LogP contribution in [0, 0.1) is 5.82 Å². The lowest BCUT2D eigenvalue weighted by atomic mass is 10.0. The second-order valence-corrected chi connectivity index (χ2v) is 6.83. The van der Waals surface area contributed by atoms with Gasteiger partial charge in [0.1, 0.15) is 12.4 Å². The highest BCUT2D eigenvalue weighted by molar-refractivity contribution is 5.98. The summed E-state index contributed by atoms with van der Waals surface area (Å²) in [5.74, 6) is -2.07. The molecule has 0 spiro atoms. The second kappa shape index (κ2) is 9.78. The van der Waals surface area contributed by atoms with Crippen LogP contribution in [0.4, 0.5) is 30.7 Å². The van der Waals surface area contributed by atoms with Gasteiger partial charge >= 0.3 is 12.4 Å². The van der Waals surface area contributed by atoms with Crippen molar-refractivity contribution in [3.63, 3.8) is 0 Å². The average Bonchev–Trinajstić information content (AvgIpc) is 2.69. The number of Topliss-reactive ketones (excluding diaryl/α,β-unsaturated/α-hetero) is 2. The zero-order chi connectivity index (χ0) is 24.3. The predicted octanol–water partition coefficient (Wildman–Crippen LogP) is 5.76. The summed E-state index contributed by atoms with van der Waals surface area (Å²) in [4.78, 5) is 23.9. The Bertz CT molecular complexity index is 933. The Balaban J connectivity index is 2.39. The highest BCUT2D eigenvalue weighted by atomic mass is 19.4. The third-order valence-electron chi connectivity index (χ3n) is 4.19.